The molecule has 1 aromatic rings. The van der Waals surface area contributed by atoms with E-state index < -0.39 is 6.04 Å². The van der Waals surface area contributed by atoms with E-state index in [0.29, 0.717) is 18.4 Å². The van der Waals surface area contributed by atoms with E-state index in [1.54, 1.807) is 0 Å². The normalized spacial score (nSPS) is 28.6. The molecule has 0 spiro atoms. The fourth-order valence-corrected chi connectivity index (χ4v) is 3.54. The van der Waals surface area contributed by atoms with E-state index in [-0.39, 0.29) is 11.9 Å². The smallest absolute Gasteiger partial charge is 0.238 e. The van der Waals surface area contributed by atoms with Gasteiger partial charge in [-0.1, -0.05) is 30.3 Å². The second kappa shape index (κ2) is 6.28. The van der Waals surface area contributed by atoms with Crippen molar-refractivity contribution in [1.29, 1.82) is 5.26 Å². The summed E-state index contributed by atoms with van der Waals surface area (Å²) in [6.45, 7) is 0. The molecule has 110 valence electrons. The van der Waals surface area contributed by atoms with Crippen LogP contribution in [0.25, 0.3) is 0 Å². The highest BCUT2D eigenvalue weighted by atomic mass is 16.2. The van der Waals surface area contributed by atoms with Gasteiger partial charge in [0.2, 0.25) is 5.91 Å². The van der Waals surface area contributed by atoms with Gasteiger partial charge in [0, 0.05) is 12.5 Å². The minimum absolute atomic E-state index is 0.00752. The molecule has 1 aromatic carbocycles. The predicted molar refractivity (Wildman–Crippen MR) is 80.4 cm³/mol. The summed E-state index contributed by atoms with van der Waals surface area (Å²) in [5.74, 6) is 0.429. The fraction of sp³-hybridized carbons (Fsp3) is 0.529. The molecule has 1 saturated carbocycles. The Labute approximate surface area is 125 Å². The number of carbonyl (C=O) groups excluding carboxylic acids is 1. The molecule has 2 heterocycles. The maximum Gasteiger partial charge on any atom is 0.238 e. The molecule has 4 rings (SSSR count). The number of carbonyl (C=O) groups is 1. The first kappa shape index (κ1) is 14.1. The Hall–Kier alpha value is -1.86. The van der Waals surface area contributed by atoms with Gasteiger partial charge in [0.15, 0.2) is 0 Å². The van der Waals surface area contributed by atoms with Gasteiger partial charge in [0.05, 0.1) is 12.1 Å². The molecule has 3 aliphatic rings. The van der Waals surface area contributed by atoms with Gasteiger partial charge in [0.1, 0.15) is 6.04 Å². The molecule has 1 amide bonds. The number of piperidine rings is 2. The monoisotopic (exact) mass is 283 g/mol. The SMILES string of the molecule is N#CC(Cc1ccccc1)NC(=O)C1NC2CCC1CC2. The lowest BCUT2D eigenvalue weighted by Gasteiger charge is -2.42. The summed E-state index contributed by atoms with van der Waals surface area (Å²) in [5, 5.41) is 15.6. The van der Waals surface area contributed by atoms with Crippen LogP contribution in [0.15, 0.2) is 30.3 Å². The average Bonchev–Trinajstić information content (AvgIpc) is 2.56. The maximum atomic E-state index is 12.4. The summed E-state index contributed by atoms with van der Waals surface area (Å²) >= 11 is 0. The first-order valence-corrected chi connectivity index (χ1v) is 7.76. The van der Waals surface area contributed by atoms with Crippen molar-refractivity contribution in [3.63, 3.8) is 0 Å². The topological polar surface area (TPSA) is 64.9 Å². The van der Waals surface area contributed by atoms with Crippen molar-refractivity contribution in [2.75, 3.05) is 0 Å². The molecule has 21 heavy (non-hydrogen) atoms. The molecule has 2 saturated heterocycles. The molecular formula is C17H21N3O. The van der Waals surface area contributed by atoms with Crippen LogP contribution in [0.5, 0.6) is 0 Å². The summed E-state index contributed by atoms with van der Waals surface area (Å²) in [6.07, 6.45) is 5.18. The Morgan fingerprint density at radius 3 is 2.57 bits per heavy atom. The third kappa shape index (κ3) is 3.25. The summed E-state index contributed by atoms with van der Waals surface area (Å²) in [4.78, 5) is 12.4. The molecule has 0 aromatic heterocycles. The van der Waals surface area contributed by atoms with Crippen LogP contribution in [0.3, 0.4) is 0 Å². The second-order valence-electron chi connectivity index (χ2n) is 6.14. The zero-order chi connectivity index (χ0) is 14.7. The largest absolute Gasteiger partial charge is 0.339 e. The van der Waals surface area contributed by atoms with Crippen molar-refractivity contribution >= 4 is 5.91 Å². The molecule has 2 unspecified atom stereocenters. The van der Waals surface area contributed by atoms with Crippen LogP contribution in [0.4, 0.5) is 0 Å². The van der Waals surface area contributed by atoms with Gasteiger partial charge in [-0.2, -0.15) is 5.26 Å². The molecule has 1 aliphatic carbocycles. The zero-order valence-electron chi connectivity index (χ0n) is 12.1. The lowest BCUT2D eigenvalue weighted by atomic mass is 9.76. The predicted octanol–water partition coefficient (Wildman–Crippen LogP) is 1.77. The van der Waals surface area contributed by atoms with Crippen LogP contribution in [-0.4, -0.2) is 24.0 Å². The van der Waals surface area contributed by atoms with E-state index in [4.69, 9.17) is 0 Å². The lowest BCUT2D eigenvalue weighted by Crippen LogP contribution is -2.59. The Kier molecular flexibility index (Phi) is 4.21. The Balaban J connectivity index is 1.59. The van der Waals surface area contributed by atoms with Gasteiger partial charge in [-0.05, 0) is 37.2 Å². The quantitative estimate of drug-likeness (QED) is 0.885. The van der Waals surface area contributed by atoms with Crippen LogP contribution in [0.1, 0.15) is 31.2 Å². The first-order chi connectivity index (χ1) is 10.3. The standard InChI is InChI=1S/C17H21N3O/c18-11-15(10-12-4-2-1-3-5-12)20-17(21)16-13-6-8-14(19-16)9-7-13/h1-5,13-16,19H,6-10H2,(H,20,21). The van der Waals surface area contributed by atoms with Gasteiger partial charge < -0.3 is 10.6 Å². The van der Waals surface area contributed by atoms with Crippen molar-refractivity contribution in [1.82, 2.24) is 10.6 Å². The molecule has 4 heteroatoms. The van der Waals surface area contributed by atoms with Crippen LogP contribution in [0, 0.1) is 17.2 Å². The Morgan fingerprint density at radius 2 is 2.00 bits per heavy atom. The average molecular weight is 283 g/mol. The van der Waals surface area contributed by atoms with Crippen LogP contribution < -0.4 is 10.6 Å². The summed E-state index contributed by atoms with van der Waals surface area (Å²) in [5.41, 5.74) is 1.07. The zero-order valence-corrected chi connectivity index (χ0v) is 12.1. The van der Waals surface area contributed by atoms with Gasteiger partial charge in [-0.15, -0.1) is 0 Å². The number of nitrogens with one attached hydrogen (secondary N) is 2. The van der Waals surface area contributed by atoms with Gasteiger partial charge in [-0.25, -0.2) is 0 Å². The van der Waals surface area contributed by atoms with Crippen molar-refractivity contribution < 1.29 is 4.79 Å². The minimum Gasteiger partial charge on any atom is -0.339 e. The molecule has 2 bridgehead atoms. The van der Waals surface area contributed by atoms with E-state index in [1.165, 1.54) is 12.8 Å². The summed E-state index contributed by atoms with van der Waals surface area (Å²) in [7, 11) is 0. The lowest BCUT2D eigenvalue weighted by molar-refractivity contribution is -0.127. The Bertz CT molecular complexity index is 529. The number of hydrogen-bond donors (Lipinski definition) is 2. The maximum absolute atomic E-state index is 12.4. The summed E-state index contributed by atoms with van der Waals surface area (Å²) < 4.78 is 0. The molecular weight excluding hydrogens is 262 g/mol. The second-order valence-corrected chi connectivity index (χ2v) is 6.14. The van der Waals surface area contributed by atoms with Crippen LogP contribution in [0.2, 0.25) is 0 Å². The van der Waals surface area contributed by atoms with E-state index in [2.05, 4.69) is 16.7 Å². The van der Waals surface area contributed by atoms with Crippen molar-refractivity contribution in [2.45, 2.75) is 50.2 Å². The van der Waals surface area contributed by atoms with E-state index >= 15 is 0 Å². The third-order valence-corrected chi connectivity index (χ3v) is 4.70. The fourth-order valence-electron chi connectivity index (χ4n) is 3.54. The number of amides is 1. The number of nitrogens with zero attached hydrogens (tertiary/aromatic N) is 1. The molecule has 2 N–H and O–H groups in total. The number of benzene rings is 1. The molecule has 3 fully saturated rings. The van der Waals surface area contributed by atoms with Gasteiger partial charge >= 0.3 is 0 Å². The van der Waals surface area contributed by atoms with Crippen molar-refractivity contribution in [2.24, 2.45) is 5.92 Å². The number of hydrogen-bond acceptors (Lipinski definition) is 3. The minimum atomic E-state index is -0.456. The molecule has 4 nitrogen and oxygen atoms in total. The first-order valence-electron chi connectivity index (χ1n) is 7.76. The Morgan fingerprint density at radius 1 is 1.29 bits per heavy atom. The van der Waals surface area contributed by atoms with Crippen LogP contribution in [-0.2, 0) is 11.2 Å². The number of rotatable bonds is 4. The summed E-state index contributed by atoms with van der Waals surface area (Å²) in [6, 6.07) is 11.9. The van der Waals surface area contributed by atoms with Gasteiger partial charge in [0.25, 0.3) is 0 Å². The number of fused-ring (bicyclic) bond motifs is 3. The molecule has 2 aliphatic heterocycles. The van der Waals surface area contributed by atoms with E-state index in [0.717, 1.165) is 18.4 Å². The third-order valence-electron chi connectivity index (χ3n) is 4.70. The number of nitriles is 1. The van der Waals surface area contributed by atoms with Crippen molar-refractivity contribution in [3.05, 3.63) is 35.9 Å². The molecule has 2 atom stereocenters. The van der Waals surface area contributed by atoms with E-state index in [9.17, 15) is 10.1 Å². The highest BCUT2D eigenvalue weighted by Gasteiger charge is 2.39. The van der Waals surface area contributed by atoms with Crippen molar-refractivity contribution in [3.8, 4) is 6.07 Å². The van der Waals surface area contributed by atoms with Crippen LogP contribution >= 0.6 is 0 Å². The highest BCUT2D eigenvalue weighted by molar-refractivity contribution is 5.83. The molecule has 0 radical (unpaired) electrons. The van der Waals surface area contributed by atoms with E-state index in [1.807, 2.05) is 30.3 Å². The van der Waals surface area contributed by atoms with Gasteiger partial charge in [-0.3, -0.25) is 4.79 Å². The highest BCUT2D eigenvalue weighted by Crippen LogP contribution is 2.33.